The quantitative estimate of drug-likeness (QED) is 0.0852. The van der Waals surface area contributed by atoms with Gasteiger partial charge in [0.05, 0.1) is 100 Å². The molecule has 0 aliphatic rings. The second-order valence-electron chi connectivity index (χ2n) is 13.5. The maximum atomic E-state index is 6.69. The average molecular weight is 605 g/mol. The Labute approximate surface area is 261 Å². The molecule has 0 N–H and O–H groups in total. The summed E-state index contributed by atoms with van der Waals surface area (Å²) >= 11 is 0. The lowest BCUT2D eigenvalue weighted by Crippen LogP contribution is -2.47. The average Bonchev–Trinajstić information content (AvgIpc) is 2.94. The highest BCUT2D eigenvalue weighted by atomic mass is 16.5. The van der Waals surface area contributed by atoms with Gasteiger partial charge in [-0.15, -0.1) is 0 Å². The Morgan fingerprint density at radius 2 is 0.762 bits per heavy atom. The molecule has 3 unspecified atom stereocenters. The highest BCUT2D eigenvalue weighted by Gasteiger charge is 2.38. The molecule has 0 radical (unpaired) electrons. The number of rotatable bonds is 29. The van der Waals surface area contributed by atoms with Gasteiger partial charge in [-0.1, -0.05) is 47.0 Å². The topological polar surface area (TPSA) is 64.6 Å². The standard InChI is InChI=1S/C35H72O7/c1-13-17-32(12)41-26-35(24-39-30(9)10,27-42-33(18-14-2)19-15-3)21-36-20-34(22-37-28(5)6,23-38-29(7)8)25-40-31(11)16-4/h28-33H,13-27H2,1-12H3. The van der Waals surface area contributed by atoms with E-state index in [9.17, 15) is 0 Å². The Balaban J connectivity index is 6.13. The van der Waals surface area contributed by atoms with E-state index in [0.29, 0.717) is 52.9 Å². The van der Waals surface area contributed by atoms with Crippen LogP contribution in [-0.4, -0.2) is 89.5 Å². The van der Waals surface area contributed by atoms with Gasteiger partial charge in [0.25, 0.3) is 0 Å². The maximum Gasteiger partial charge on any atom is 0.0638 e. The second kappa shape index (κ2) is 24.0. The van der Waals surface area contributed by atoms with Gasteiger partial charge in [-0.05, 0) is 81.1 Å². The summed E-state index contributed by atoms with van der Waals surface area (Å²) in [4.78, 5) is 0. The molecule has 0 saturated carbocycles. The Morgan fingerprint density at radius 1 is 0.405 bits per heavy atom. The predicted octanol–water partition coefficient (Wildman–Crippen LogP) is 8.26. The third-order valence-electron chi connectivity index (χ3n) is 7.45. The van der Waals surface area contributed by atoms with Crippen LogP contribution in [0.2, 0.25) is 0 Å². The van der Waals surface area contributed by atoms with E-state index in [-0.39, 0.29) is 36.6 Å². The van der Waals surface area contributed by atoms with Gasteiger partial charge in [-0.2, -0.15) is 0 Å². The molecule has 0 saturated heterocycles. The molecular weight excluding hydrogens is 532 g/mol. The van der Waals surface area contributed by atoms with Crippen molar-refractivity contribution < 1.29 is 33.2 Å². The van der Waals surface area contributed by atoms with Crippen LogP contribution in [0.5, 0.6) is 0 Å². The molecule has 0 aliphatic carbocycles. The van der Waals surface area contributed by atoms with Crippen molar-refractivity contribution in [1.82, 2.24) is 0 Å². The molecule has 0 aromatic carbocycles. The first-order valence-corrected chi connectivity index (χ1v) is 17.1. The molecule has 0 aromatic rings. The van der Waals surface area contributed by atoms with E-state index in [2.05, 4.69) is 83.1 Å². The van der Waals surface area contributed by atoms with Gasteiger partial charge in [0.15, 0.2) is 0 Å². The van der Waals surface area contributed by atoms with Gasteiger partial charge >= 0.3 is 0 Å². The molecule has 0 bridgehead atoms. The van der Waals surface area contributed by atoms with Gasteiger partial charge in [-0.3, -0.25) is 0 Å². The summed E-state index contributed by atoms with van der Waals surface area (Å²) in [5.74, 6) is 0. The summed E-state index contributed by atoms with van der Waals surface area (Å²) < 4.78 is 44.7. The van der Waals surface area contributed by atoms with E-state index in [0.717, 1.165) is 44.9 Å². The monoisotopic (exact) mass is 605 g/mol. The molecule has 0 heterocycles. The van der Waals surface area contributed by atoms with Crippen molar-refractivity contribution in [3.05, 3.63) is 0 Å². The molecule has 7 heteroatoms. The van der Waals surface area contributed by atoms with Crippen LogP contribution in [0.3, 0.4) is 0 Å². The fourth-order valence-electron chi connectivity index (χ4n) is 4.51. The summed E-state index contributed by atoms with van der Waals surface area (Å²) in [5.41, 5.74) is -0.875. The Morgan fingerprint density at radius 3 is 1.12 bits per heavy atom. The maximum absolute atomic E-state index is 6.69. The van der Waals surface area contributed by atoms with Crippen molar-refractivity contribution in [3.8, 4) is 0 Å². The second-order valence-corrected chi connectivity index (χ2v) is 13.5. The number of hydrogen-bond acceptors (Lipinski definition) is 7. The molecule has 3 atom stereocenters. The first kappa shape index (κ1) is 41.7. The molecule has 42 heavy (non-hydrogen) atoms. The zero-order chi connectivity index (χ0) is 32.0. The van der Waals surface area contributed by atoms with Crippen LogP contribution in [0.25, 0.3) is 0 Å². The fraction of sp³-hybridized carbons (Fsp3) is 1.00. The highest BCUT2D eigenvalue weighted by Crippen LogP contribution is 2.28. The van der Waals surface area contributed by atoms with Crippen LogP contribution in [-0.2, 0) is 33.2 Å². The minimum atomic E-state index is -0.438. The SMILES string of the molecule is CCCC(C)OCC(COCC(COC(C)C)(COC(C)C)COC(C)CC)(COC(C)C)COC(CCC)CCC. The smallest absolute Gasteiger partial charge is 0.0638 e. The van der Waals surface area contributed by atoms with E-state index >= 15 is 0 Å². The third kappa shape index (κ3) is 19.9. The third-order valence-corrected chi connectivity index (χ3v) is 7.45. The Bertz CT molecular complexity index is 594. The molecule has 0 rings (SSSR count). The largest absolute Gasteiger partial charge is 0.380 e. The van der Waals surface area contributed by atoms with Crippen LogP contribution in [0.1, 0.15) is 128 Å². The minimum Gasteiger partial charge on any atom is -0.380 e. The van der Waals surface area contributed by atoms with Crippen molar-refractivity contribution in [3.63, 3.8) is 0 Å². The van der Waals surface area contributed by atoms with Crippen LogP contribution < -0.4 is 0 Å². The van der Waals surface area contributed by atoms with Gasteiger partial charge in [-0.25, -0.2) is 0 Å². The van der Waals surface area contributed by atoms with Crippen molar-refractivity contribution in [2.75, 3.05) is 52.9 Å². The van der Waals surface area contributed by atoms with E-state index in [1.807, 2.05) is 0 Å². The summed E-state index contributed by atoms with van der Waals surface area (Å²) in [6, 6.07) is 0. The van der Waals surface area contributed by atoms with E-state index in [1.54, 1.807) is 0 Å². The lowest BCUT2D eigenvalue weighted by atomic mass is 9.89. The minimum absolute atomic E-state index is 0.0985. The fourth-order valence-corrected chi connectivity index (χ4v) is 4.51. The van der Waals surface area contributed by atoms with Crippen molar-refractivity contribution in [1.29, 1.82) is 0 Å². The van der Waals surface area contributed by atoms with Crippen LogP contribution in [0.4, 0.5) is 0 Å². The molecule has 0 spiro atoms. The zero-order valence-corrected chi connectivity index (χ0v) is 29.9. The summed E-state index contributed by atoms with van der Waals surface area (Å²) in [6.07, 6.45) is 8.21. The lowest BCUT2D eigenvalue weighted by molar-refractivity contribution is -0.165. The molecule has 0 aromatic heterocycles. The summed E-state index contributed by atoms with van der Waals surface area (Å²) in [5, 5.41) is 0. The van der Waals surface area contributed by atoms with Gasteiger partial charge in [0.2, 0.25) is 0 Å². The van der Waals surface area contributed by atoms with Crippen molar-refractivity contribution >= 4 is 0 Å². The normalized spacial score (nSPS) is 15.7. The van der Waals surface area contributed by atoms with Crippen LogP contribution >= 0.6 is 0 Å². The molecular formula is C35H72O7. The Hall–Kier alpha value is -0.280. The molecule has 0 fully saturated rings. The molecule has 7 nitrogen and oxygen atoms in total. The van der Waals surface area contributed by atoms with Gasteiger partial charge in [0.1, 0.15) is 0 Å². The van der Waals surface area contributed by atoms with Crippen molar-refractivity contribution in [2.24, 2.45) is 10.8 Å². The van der Waals surface area contributed by atoms with Gasteiger partial charge < -0.3 is 33.2 Å². The first-order chi connectivity index (χ1) is 19.9. The zero-order valence-electron chi connectivity index (χ0n) is 29.9. The number of ether oxygens (including phenoxy) is 7. The van der Waals surface area contributed by atoms with E-state index < -0.39 is 10.8 Å². The van der Waals surface area contributed by atoms with Crippen LogP contribution in [0.15, 0.2) is 0 Å². The highest BCUT2D eigenvalue weighted by molar-refractivity contribution is 4.84. The Kier molecular flexibility index (Phi) is 23.9. The van der Waals surface area contributed by atoms with Crippen LogP contribution in [0, 0.1) is 10.8 Å². The van der Waals surface area contributed by atoms with E-state index in [4.69, 9.17) is 33.2 Å². The predicted molar refractivity (Wildman–Crippen MR) is 175 cm³/mol. The lowest BCUT2D eigenvalue weighted by Gasteiger charge is -2.39. The van der Waals surface area contributed by atoms with Gasteiger partial charge in [0, 0.05) is 0 Å². The molecule has 254 valence electrons. The van der Waals surface area contributed by atoms with E-state index in [1.165, 1.54) is 0 Å². The molecule has 0 amide bonds. The molecule has 0 aliphatic heterocycles. The van der Waals surface area contributed by atoms with Crippen molar-refractivity contribution in [2.45, 2.75) is 165 Å². The summed E-state index contributed by atoms with van der Waals surface area (Å²) in [7, 11) is 0. The summed E-state index contributed by atoms with van der Waals surface area (Å²) in [6.45, 7) is 29.4. The first-order valence-electron chi connectivity index (χ1n) is 17.1. The number of hydrogen-bond donors (Lipinski definition) is 0.